The number of nitrogens with zero attached hydrogens (tertiary/aromatic N) is 1. The largest absolute Gasteiger partial charge is 0.265 e. The van der Waals surface area contributed by atoms with Crippen molar-refractivity contribution in [3.8, 4) is 0 Å². The third kappa shape index (κ3) is 4.23. The van der Waals surface area contributed by atoms with E-state index in [9.17, 15) is 0 Å². The average molecular weight is 180 g/mol. The molecule has 0 bridgehead atoms. The Morgan fingerprint density at radius 3 is 1.62 bits per heavy atom. The molecule has 0 saturated heterocycles. The van der Waals surface area contributed by atoms with Crippen LogP contribution in [0.15, 0.2) is 30.6 Å². The van der Waals surface area contributed by atoms with Crippen molar-refractivity contribution in [2.24, 2.45) is 0 Å². The van der Waals surface area contributed by atoms with E-state index in [4.69, 9.17) is 9.69 Å². The fourth-order valence-corrected chi connectivity index (χ4v) is 0.313. The molecule has 3 heteroatoms. The Hall–Kier alpha value is 0.0634. The van der Waals surface area contributed by atoms with E-state index in [1.54, 1.807) is 12.4 Å². The van der Waals surface area contributed by atoms with Crippen molar-refractivity contribution in [3.05, 3.63) is 30.6 Å². The second-order valence-corrected chi connectivity index (χ2v) is 1.02. The molecular weight excluding hydrogens is 175 g/mol. The van der Waals surface area contributed by atoms with Crippen LogP contribution in [0.5, 0.6) is 0 Å². The van der Waals surface area contributed by atoms with Gasteiger partial charge in [-0.3, -0.25) is 4.98 Å². The molecule has 0 aliphatic carbocycles. The molecule has 1 rings (SSSR count). The van der Waals surface area contributed by atoms with Crippen LogP contribution in [0.2, 0.25) is 0 Å². The predicted octanol–water partition coefficient (Wildman–Crippen LogP) is 1.77. The van der Waals surface area contributed by atoms with Crippen LogP contribution in [0.1, 0.15) is 0 Å². The first-order valence-corrected chi connectivity index (χ1v) is 6.02. The van der Waals surface area contributed by atoms with Crippen LogP contribution in [-0.2, 0) is 17.3 Å². The third-order valence-electron chi connectivity index (χ3n) is 0.566. The molecule has 0 aliphatic rings. The maximum absolute atomic E-state index is 4.76. The number of hydrogen-bond acceptors (Lipinski definition) is 1. The number of pyridine rings is 1. The summed E-state index contributed by atoms with van der Waals surface area (Å²) in [4.78, 5) is 3.78. The molecule has 39 valence electrons. The smallest absolute Gasteiger partial charge is 0.0267 e. The Morgan fingerprint density at radius 1 is 1.00 bits per heavy atom. The van der Waals surface area contributed by atoms with Crippen LogP contribution in [-0.4, -0.2) is 4.98 Å². The molecule has 1 nitrogen and oxygen atoms in total. The standard InChI is InChI=1S/C5H5N.ClH.Zn/c1-2-4-6-5-3-1;;/h1-5H;1H;/q;;+1/p-1. The van der Waals surface area contributed by atoms with Gasteiger partial charge < -0.3 is 0 Å². The molecule has 0 amide bonds. The van der Waals surface area contributed by atoms with Crippen molar-refractivity contribution < 1.29 is 17.3 Å². The van der Waals surface area contributed by atoms with Crippen LogP contribution >= 0.6 is 9.69 Å². The van der Waals surface area contributed by atoms with Crippen LogP contribution in [0.4, 0.5) is 0 Å². The zero-order chi connectivity index (χ0) is 6.24. The maximum atomic E-state index is 4.76. The van der Waals surface area contributed by atoms with Crippen LogP contribution < -0.4 is 0 Å². The molecule has 1 heterocycles. The summed E-state index contributed by atoms with van der Waals surface area (Å²) >= 11 is 0.847. The van der Waals surface area contributed by atoms with Crippen molar-refractivity contribution in [2.75, 3.05) is 0 Å². The van der Waals surface area contributed by atoms with Gasteiger partial charge in [-0.2, -0.15) is 0 Å². The molecule has 0 atom stereocenters. The van der Waals surface area contributed by atoms with E-state index >= 15 is 0 Å². The van der Waals surface area contributed by atoms with Gasteiger partial charge in [0.2, 0.25) is 0 Å². The van der Waals surface area contributed by atoms with Crippen molar-refractivity contribution >= 4 is 9.69 Å². The van der Waals surface area contributed by atoms with Crippen LogP contribution in [0, 0.1) is 0 Å². The van der Waals surface area contributed by atoms with E-state index in [0.717, 1.165) is 17.3 Å². The van der Waals surface area contributed by atoms with Crippen molar-refractivity contribution in [1.82, 2.24) is 4.98 Å². The first kappa shape index (κ1) is 8.06. The molecule has 0 unspecified atom stereocenters. The summed E-state index contributed by atoms with van der Waals surface area (Å²) in [5.41, 5.74) is 0. The summed E-state index contributed by atoms with van der Waals surface area (Å²) in [5, 5.41) is 0. The molecule has 0 spiro atoms. The number of halogens is 1. The second kappa shape index (κ2) is 7.06. The maximum Gasteiger partial charge on any atom is 0.0267 e. The molecule has 1 aromatic heterocycles. The van der Waals surface area contributed by atoms with Gasteiger partial charge >= 0.3 is 27.0 Å². The van der Waals surface area contributed by atoms with E-state index < -0.39 is 0 Å². The minimum absolute atomic E-state index is 0.847. The second-order valence-electron chi connectivity index (χ2n) is 1.02. The van der Waals surface area contributed by atoms with Gasteiger partial charge in [0.1, 0.15) is 0 Å². The third-order valence-corrected chi connectivity index (χ3v) is 0.566. The molecule has 0 aliphatic heterocycles. The number of aromatic nitrogens is 1. The molecule has 0 aromatic carbocycles. The molecule has 0 radical (unpaired) electrons. The minimum Gasteiger partial charge on any atom is -0.265 e. The van der Waals surface area contributed by atoms with Gasteiger partial charge in [0.05, 0.1) is 0 Å². The minimum atomic E-state index is 0.847. The van der Waals surface area contributed by atoms with E-state index in [1.807, 2.05) is 18.2 Å². The van der Waals surface area contributed by atoms with Gasteiger partial charge in [0, 0.05) is 12.4 Å². The van der Waals surface area contributed by atoms with Gasteiger partial charge in [-0.25, -0.2) is 0 Å². The van der Waals surface area contributed by atoms with Gasteiger partial charge in [-0.15, -0.1) is 0 Å². The van der Waals surface area contributed by atoms with E-state index in [1.165, 1.54) is 0 Å². The summed E-state index contributed by atoms with van der Waals surface area (Å²) in [6.07, 6.45) is 3.50. The molecule has 1 aromatic rings. The zero-order valence-electron chi connectivity index (χ0n) is 4.42. The fraction of sp³-hybridized carbons (Fsp3) is 0. The Bertz CT molecular complexity index is 84.4. The van der Waals surface area contributed by atoms with Crippen LogP contribution in [0.25, 0.3) is 0 Å². The molecule has 0 N–H and O–H groups in total. The number of hydrogen-bond donors (Lipinski definition) is 0. The summed E-state index contributed by atoms with van der Waals surface area (Å²) in [6.45, 7) is 0. The average Bonchev–Trinajstić information content (AvgIpc) is 1.96. The summed E-state index contributed by atoms with van der Waals surface area (Å²) < 4.78 is 0. The first-order valence-electron chi connectivity index (χ1n) is 2.12. The molecule has 0 fully saturated rings. The van der Waals surface area contributed by atoms with Crippen molar-refractivity contribution in [3.63, 3.8) is 0 Å². The van der Waals surface area contributed by atoms with E-state index in [0.29, 0.717) is 0 Å². The quantitative estimate of drug-likeness (QED) is 0.554. The summed E-state index contributed by atoms with van der Waals surface area (Å²) in [7, 11) is 4.76. The molecule has 0 saturated carbocycles. The normalized spacial score (nSPS) is 6.88. The van der Waals surface area contributed by atoms with Gasteiger partial charge in [-0.05, 0) is 12.1 Å². The monoisotopic (exact) mass is 178 g/mol. The Labute approximate surface area is 62.8 Å². The Kier molecular flexibility index (Phi) is 7.12. The SMILES string of the molecule is [Cl][Zn].c1ccncc1. The summed E-state index contributed by atoms with van der Waals surface area (Å²) in [6, 6.07) is 5.72. The van der Waals surface area contributed by atoms with Gasteiger partial charge in [-0.1, -0.05) is 6.07 Å². The zero-order valence-corrected chi connectivity index (χ0v) is 8.14. The molecular formula is C5H5ClNZn. The van der Waals surface area contributed by atoms with Gasteiger partial charge in [0.25, 0.3) is 0 Å². The van der Waals surface area contributed by atoms with Crippen molar-refractivity contribution in [1.29, 1.82) is 0 Å². The number of rotatable bonds is 0. The Balaban J connectivity index is 0.000000222. The van der Waals surface area contributed by atoms with E-state index in [-0.39, 0.29) is 0 Å². The first-order chi connectivity index (χ1) is 4.00. The van der Waals surface area contributed by atoms with E-state index in [2.05, 4.69) is 4.98 Å². The fourth-order valence-electron chi connectivity index (χ4n) is 0.313. The predicted molar refractivity (Wildman–Crippen MR) is 30.1 cm³/mol. The van der Waals surface area contributed by atoms with Crippen LogP contribution in [0.3, 0.4) is 0 Å². The summed E-state index contributed by atoms with van der Waals surface area (Å²) in [5.74, 6) is 0. The topological polar surface area (TPSA) is 12.9 Å². The molecule has 8 heavy (non-hydrogen) atoms. The Morgan fingerprint density at radius 2 is 1.50 bits per heavy atom. The van der Waals surface area contributed by atoms with Crippen molar-refractivity contribution in [2.45, 2.75) is 0 Å². The van der Waals surface area contributed by atoms with Gasteiger partial charge in [0.15, 0.2) is 0 Å².